The molecule has 4 saturated carbocycles. The van der Waals surface area contributed by atoms with E-state index in [2.05, 4.69) is 34.5 Å². The molecule has 4 aliphatic carbocycles. The smallest absolute Gasteiger partial charge is 0.306 e. The lowest BCUT2D eigenvalue weighted by Crippen LogP contribution is -2.48. The van der Waals surface area contributed by atoms with Crippen LogP contribution in [0.5, 0.6) is 5.88 Å². The number of aromatic nitrogens is 1. The van der Waals surface area contributed by atoms with Crippen molar-refractivity contribution in [3.63, 3.8) is 0 Å². The number of esters is 1. The van der Waals surface area contributed by atoms with Crippen LogP contribution < -0.4 is 9.46 Å². The number of carbonyl (C=O) groups is 4. The highest BCUT2D eigenvalue weighted by molar-refractivity contribution is 7.90. The second-order valence-electron chi connectivity index (χ2n) is 17.3. The van der Waals surface area contributed by atoms with E-state index in [9.17, 15) is 27.6 Å². The summed E-state index contributed by atoms with van der Waals surface area (Å²) in [7, 11) is -3.84. The van der Waals surface area contributed by atoms with Crippen LogP contribution in [0.2, 0.25) is 0 Å². The fourth-order valence-corrected chi connectivity index (χ4v) is 11.3. The van der Waals surface area contributed by atoms with Crippen LogP contribution in [0.4, 0.5) is 0 Å². The number of cyclic esters (lactones) is 1. The summed E-state index contributed by atoms with van der Waals surface area (Å²) in [5.41, 5.74) is -0.428. The topological polar surface area (TPSA) is 149 Å². The van der Waals surface area contributed by atoms with Gasteiger partial charge < -0.3 is 14.4 Å². The lowest BCUT2D eigenvalue weighted by molar-refractivity contribution is -0.154. The molecule has 55 heavy (non-hydrogen) atoms. The number of hydrogen-bond acceptors (Lipinski definition) is 9. The summed E-state index contributed by atoms with van der Waals surface area (Å²) >= 11 is 0. The standard InChI is InChI=1S/C43H53N3O8S/c1-2-31-24-43(31,41(50)45-55(51,52)33-14-15-33)25-37(47)36-22-32-26-46(36)40(49)35(29-10-4-3-5-11-29)23-38(48)53-27-42(17-6-7-18-42)19-8-9-28-12-13-30-16-20-44-39(54-32)34(30)21-28/h2,8-9,12-13,16,20-21,29,31-33,35-36H,1,3-7,10-11,14-15,17-19,22-27H2,(H,45,50)/b9-8+/t31-,32-,35+,36+,43-/m1/s1. The van der Waals surface area contributed by atoms with Gasteiger partial charge in [0, 0.05) is 29.8 Å². The summed E-state index contributed by atoms with van der Waals surface area (Å²) in [4.78, 5) is 63.1. The van der Waals surface area contributed by atoms with Gasteiger partial charge in [0.15, 0.2) is 5.78 Å². The van der Waals surface area contributed by atoms with Gasteiger partial charge in [-0.25, -0.2) is 13.4 Å². The number of ether oxygens (including phenoxy) is 2. The van der Waals surface area contributed by atoms with Crippen molar-refractivity contribution in [1.29, 1.82) is 0 Å². The van der Waals surface area contributed by atoms with Crippen molar-refractivity contribution >= 4 is 50.4 Å². The number of carbonyl (C=O) groups excluding carboxylic acids is 4. The number of benzene rings is 1. The number of nitrogens with zero attached hydrogens (tertiary/aromatic N) is 2. The van der Waals surface area contributed by atoms with Crippen molar-refractivity contribution < 1.29 is 37.1 Å². The molecule has 4 bridgehead atoms. The zero-order valence-electron chi connectivity index (χ0n) is 31.6. The number of rotatable bonds is 8. The van der Waals surface area contributed by atoms with E-state index in [1.54, 1.807) is 17.2 Å². The molecule has 1 aromatic heterocycles. The first kappa shape index (κ1) is 37.8. The van der Waals surface area contributed by atoms with Gasteiger partial charge in [0.05, 0.1) is 42.2 Å². The van der Waals surface area contributed by atoms with Gasteiger partial charge in [0.25, 0.3) is 0 Å². The molecule has 2 aromatic rings. The molecule has 6 aliphatic rings. The third kappa shape index (κ3) is 7.85. The summed E-state index contributed by atoms with van der Waals surface area (Å²) < 4.78 is 40.6. The second kappa shape index (κ2) is 15.1. The molecule has 2 aliphatic heterocycles. The Morgan fingerprint density at radius 3 is 2.55 bits per heavy atom. The molecule has 1 aromatic carbocycles. The average molecular weight is 772 g/mol. The summed E-state index contributed by atoms with van der Waals surface area (Å²) in [5, 5.41) is 1.18. The highest BCUT2D eigenvalue weighted by atomic mass is 32.2. The summed E-state index contributed by atoms with van der Waals surface area (Å²) in [6.07, 6.45) is 17.6. The molecule has 0 radical (unpaired) electrons. The highest BCUT2D eigenvalue weighted by Crippen LogP contribution is 2.57. The molecule has 12 heteroatoms. The average Bonchev–Trinajstić information content (AvgIpc) is 4.07. The van der Waals surface area contributed by atoms with E-state index < -0.39 is 50.6 Å². The van der Waals surface area contributed by atoms with Crippen molar-refractivity contribution in [3.05, 3.63) is 54.8 Å². The van der Waals surface area contributed by atoms with Crippen molar-refractivity contribution in [2.45, 2.75) is 120 Å². The molecule has 1 spiro atoms. The van der Waals surface area contributed by atoms with Crippen molar-refractivity contribution in [3.8, 4) is 5.88 Å². The number of pyridine rings is 1. The molecule has 11 nitrogen and oxygen atoms in total. The van der Waals surface area contributed by atoms with Gasteiger partial charge in [-0.3, -0.25) is 23.9 Å². The maximum atomic E-state index is 15.0. The molecule has 1 saturated heterocycles. The van der Waals surface area contributed by atoms with Gasteiger partial charge in [-0.1, -0.05) is 62.5 Å². The van der Waals surface area contributed by atoms with Crippen molar-refractivity contribution in [1.82, 2.24) is 14.6 Å². The van der Waals surface area contributed by atoms with Crippen LogP contribution in [0.15, 0.2) is 49.2 Å². The number of ketones is 1. The van der Waals surface area contributed by atoms with Crippen LogP contribution >= 0.6 is 0 Å². The minimum absolute atomic E-state index is 0.0324. The molecular formula is C43H53N3O8S. The quantitative estimate of drug-likeness (QED) is 0.236. The van der Waals surface area contributed by atoms with E-state index in [0.29, 0.717) is 31.7 Å². The Kier molecular flexibility index (Phi) is 10.4. The van der Waals surface area contributed by atoms with E-state index in [1.165, 1.54) is 0 Å². The minimum atomic E-state index is -3.84. The van der Waals surface area contributed by atoms with Crippen LogP contribution in [-0.4, -0.2) is 72.4 Å². The molecule has 5 fully saturated rings. The van der Waals surface area contributed by atoms with Crippen molar-refractivity contribution in [2.24, 2.45) is 28.6 Å². The molecular weight excluding hydrogens is 719 g/mol. The minimum Gasteiger partial charge on any atom is -0.472 e. The molecule has 8 rings (SSSR count). The van der Waals surface area contributed by atoms with E-state index in [4.69, 9.17) is 9.47 Å². The van der Waals surface area contributed by atoms with Crippen LogP contribution in [0.25, 0.3) is 16.8 Å². The van der Waals surface area contributed by atoms with Gasteiger partial charge in [0.2, 0.25) is 27.7 Å². The summed E-state index contributed by atoms with van der Waals surface area (Å²) in [6.45, 7) is 4.27. The Bertz CT molecular complexity index is 2000. The Labute approximate surface area is 323 Å². The fourth-order valence-electron chi connectivity index (χ4n) is 9.91. The molecule has 294 valence electrons. The predicted octanol–water partition coefficient (Wildman–Crippen LogP) is 6.45. The summed E-state index contributed by atoms with van der Waals surface area (Å²) in [5.74, 6) is -2.34. The van der Waals surface area contributed by atoms with Gasteiger partial charge in [-0.2, -0.15) is 0 Å². The van der Waals surface area contributed by atoms with Crippen LogP contribution in [0, 0.1) is 28.6 Å². The molecule has 2 amide bonds. The zero-order chi connectivity index (χ0) is 38.4. The van der Waals surface area contributed by atoms with Crippen LogP contribution in [0.1, 0.15) is 108 Å². The SMILES string of the molecule is C=C[C@@H]1C[C@]1(CC(=O)[C@@H]1C[C@@H]2CN1C(=O)[C@H](C1CCCCC1)CC(=O)OCC1(C/C=C/c3ccc4ccnc(c4c3)O2)CCCC1)C(=O)NS(=O)(=O)C1CC1. The van der Waals surface area contributed by atoms with Gasteiger partial charge in [-0.05, 0) is 86.3 Å². The molecule has 0 unspecified atom stereocenters. The maximum absolute atomic E-state index is 15.0. The molecule has 5 atom stereocenters. The first-order valence-corrected chi connectivity index (χ1v) is 21.9. The number of amides is 2. The predicted molar refractivity (Wildman–Crippen MR) is 207 cm³/mol. The third-order valence-electron chi connectivity index (χ3n) is 13.5. The van der Waals surface area contributed by atoms with Crippen molar-refractivity contribution in [2.75, 3.05) is 13.2 Å². The molecule has 1 N–H and O–H groups in total. The maximum Gasteiger partial charge on any atom is 0.306 e. The zero-order valence-corrected chi connectivity index (χ0v) is 32.4. The number of fused-ring (bicyclic) bond motifs is 3. The monoisotopic (exact) mass is 771 g/mol. The van der Waals surface area contributed by atoms with E-state index in [-0.39, 0.29) is 54.7 Å². The Morgan fingerprint density at radius 1 is 1.04 bits per heavy atom. The lowest BCUT2D eigenvalue weighted by atomic mass is 9.77. The number of hydrogen-bond donors (Lipinski definition) is 1. The van der Waals surface area contributed by atoms with Gasteiger partial charge >= 0.3 is 5.97 Å². The first-order chi connectivity index (χ1) is 26.5. The Hall–Kier alpha value is -4.06. The highest BCUT2D eigenvalue weighted by Gasteiger charge is 2.61. The van der Waals surface area contributed by atoms with Crippen LogP contribution in [-0.2, 0) is 33.9 Å². The number of Topliss-reactive ketones (excluding diaryl/α,β-unsaturated/α-hetero) is 1. The third-order valence-corrected chi connectivity index (χ3v) is 15.3. The number of allylic oxidation sites excluding steroid dienone is 2. The normalized spacial score (nSPS) is 30.7. The Balaban J connectivity index is 1.13. The Morgan fingerprint density at radius 2 is 1.82 bits per heavy atom. The lowest BCUT2D eigenvalue weighted by Gasteiger charge is -2.34. The van der Waals surface area contributed by atoms with E-state index >= 15 is 0 Å². The van der Waals surface area contributed by atoms with E-state index in [0.717, 1.165) is 80.5 Å². The van der Waals surface area contributed by atoms with Gasteiger partial charge in [-0.15, -0.1) is 6.58 Å². The first-order valence-electron chi connectivity index (χ1n) is 20.4. The number of sulfonamides is 1. The molecule has 3 heterocycles. The second-order valence-corrected chi connectivity index (χ2v) is 19.2. The van der Waals surface area contributed by atoms with Gasteiger partial charge in [0.1, 0.15) is 6.10 Å². The fraction of sp³-hybridized carbons (Fsp3) is 0.605. The van der Waals surface area contributed by atoms with Crippen LogP contribution in [0.3, 0.4) is 0 Å². The van der Waals surface area contributed by atoms with E-state index in [1.807, 2.05) is 18.2 Å². The summed E-state index contributed by atoms with van der Waals surface area (Å²) in [6, 6.07) is 7.11. The number of nitrogens with one attached hydrogen (secondary N) is 1. The largest absolute Gasteiger partial charge is 0.472 e.